The largest absolute Gasteiger partial charge is 0.508 e. The lowest BCUT2D eigenvalue weighted by molar-refractivity contribution is -0.118. The zero-order chi connectivity index (χ0) is 20.5. The van der Waals surface area contributed by atoms with Crippen LogP contribution >= 0.6 is 0 Å². The number of aliphatic imine (C=N–C) groups is 1. The van der Waals surface area contributed by atoms with Gasteiger partial charge in [0.1, 0.15) is 11.5 Å². The van der Waals surface area contributed by atoms with E-state index in [4.69, 9.17) is 0 Å². The maximum Gasteiger partial charge on any atom is 0.154 e. The summed E-state index contributed by atoms with van der Waals surface area (Å²) in [5.74, 6) is 0.391. The number of para-hydroxylation sites is 2. The molecule has 0 saturated carbocycles. The molecule has 150 valence electrons. The summed E-state index contributed by atoms with van der Waals surface area (Å²) in [5.41, 5.74) is 2.70. The van der Waals surface area contributed by atoms with E-state index in [-0.39, 0.29) is 30.3 Å². The lowest BCUT2D eigenvalue weighted by Gasteiger charge is -2.04. The van der Waals surface area contributed by atoms with Crippen LogP contribution in [0.3, 0.4) is 0 Å². The average molecular weight is 390 g/mol. The Labute approximate surface area is 170 Å². The van der Waals surface area contributed by atoms with Gasteiger partial charge < -0.3 is 10.1 Å². The van der Waals surface area contributed by atoms with Crippen molar-refractivity contribution in [3.63, 3.8) is 0 Å². The number of benzene rings is 2. The molecule has 3 rings (SSSR count). The van der Waals surface area contributed by atoms with Gasteiger partial charge in [-0.3, -0.25) is 14.6 Å². The van der Waals surface area contributed by atoms with Gasteiger partial charge in [-0.05, 0) is 25.0 Å². The number of H-pyrrole nitrogens is 1. The molecule has 0 aliphatic carbocycles. The summed E-state index contributed by atoms with van der Waals surface area (Å²) in [7, 11) is 0. The minimum Gasteiger partial charge on any atom is -0.508 e. The number of hydrogen-bond acceptors (Lipinski definition) is 4. The molecule has 2 N–H and O–H groups in total. The Morgan fingerprint density at radius 3 is 2.48 bits per heavy atom. The highest BCUT2D eigenvalue weighted by molar-refractivity contribution is 5.99. The third kappa shape index (κ3) is 6.14. The van der Waals surface area contributed by atoms with E-state index in [0.717, 1.165) is 35.7 Å². The molecule has 0 saturated heterocycles. The van der Waals surface area contributed by atoms with Crippen LogP contribution in [0.15, 0.2) is 59.7 Å². The molecule has 5 heteroatoms. The molecule has 29 heavy (non-hydrogen) atoms. The van der Waals surface area contributed by atoms with Gasteiger partial charge in [0.15, 0.2) is 5.78 Å². The van der Waals surface area contributed by atoms with E-state index in [0.29, 0.717) is 18.4 Å². The van der Waals surface area contributed by atoms with E-state index in [1.165, 1.54) is 0 Å². The number of phenolic OH excluding ortho intramolecular Hbond substituents is 1. The number of hydrogen-bond donors (Lipinski definition) is 2. The molecule has 3 aromatic rings. The summed E-state index contributed by atoms with van der Waals surface area (Å²) in [4.78, 5) is 31.5. The molecule has 0 bridgehead atoms. The summed E-state index contributed by atoms with van der Waals surface area (Å²) >= 11 is 0. The summed E-state index contributed by atoms with van der Waals surface area (Å²) in [6.07, 6.45) is 7.22. The average Bonchev–Trinajstić information content (AvgIpc) is 3.13. The molecule has 0 radical (unpaired) electrons. The number of fused-ring (bicyclic) bond motifs is 1. The monoisotopic (exact) mass is 390 g/mol. The van der Waals surface area contributed by atoms with Gasteiger partial charge in [-0.15, -0.1) is 0 Å². The number of ketones is 2. The minimum absolute atomic E-state index is 0.112. The summed E-state index contributed by atoms with van der Waals surface area (Å²) < 4.78 is 0. The van der Waals surface area contributed by atoms with Crippen molar-refractivity contribution in [1.29, 1.82) is 0 Å². The molecule has 0 amide bonds. The SMILES string of the molecule is O=C(CCCCCC(=O)Cc1ccccc1O)CN=Cc1c[nH]c2ccccc12. The van der Waals surface area contributed by atoms with Crippen molar-refractivity contribution < 1.29 is 14.7 Å². The zero-order valence-corrected chi connectivity index (χ0v) is 16.4. The minimum atomic E-state index is 0.112. The normalized spacial score (nSPS) is 11.3. The Kier molecular flexibility index (Phi) is 7.34. The van der Waals surface area contributed by atoms with Crippen molar-refractivity contribution in [2.75, 3.05) is 6.54 Å². The molecule has 1 heterocycles. The van der Waals surface area contributed by atoms with Crippen LogP contribution in [-0.2, 0) is 16.0 Å². The van der Waals surface area contributed by atoms with Gasteiger partial charge in [0, 0.05) is 53.7 Å². The molecule has 0 fully saturated rings. The van der Waals surface area contributed by atoms with Crippen LogP contribution in [0, 0.1) is 0 Å². The second-order valence-corrected chi connectivity index (χ2v) is 7.20. The number of aromatic hydroxyl groups is 1. The first-order valence-electron chi connectivity index (χ1n) is 9.99. The smallest absolute Gasteiger partial charge is 0.154 e. The maximum absolute atomic E-state index is 12.0. The van der Waals surface area contributed by atoms with Crippen LogP contribution in [0.2, 0.25) is 0 Å². The van der Waals surface area contributed by atoms with Crippen molar-refractivity contribution in [3.05, 3.63) is 65.9 Å². The molecule has 0 spiro atoms. The van der Waals surface area contributed by atoms with Gasteiger partial charge >= 0.3 is 0 Å². The fourth-order valence-electron chi connectivity index (χ4n) is 3.31. The number of phenols is 1. The van der Waals surface area contributed by atoms with Crippen LogP contribution in [0.4, 0.5) is 0 Å². The molecule has 0 unspecified atom stereocenters. The highest BCUT2D eigenvalue weighted by Crippen LogP contribution is 2.18. The number of rotatable bonds is 11. The van der Waals surface area contributed by atoms with E-state index in [9.17, 15) is 14.7 Å². The molecule has 5 nitrogen and oxygen atoms in total. The zero-order valence-electron chi connectivity index (χ0n) is 16.4. The van der Waals surface area contributed by atoms with E-state index >= 15 is 0 Å². The number of Topliss-reactive ketones (excluding diaryl/α,β-unsaturated/α-hetero) is 2. The standard InChI is InChI=1S/C24H26N2O3/c27-20(14-18-8-4-7-13-24(18)29)9-2-1-3-10-21(28)17-25-15-19-16-26-23-12-6-5-11-22(19)23/h4-8,11-13,15-16,26,29H,1-3,9-10,14,17H2. The molecule has 1 aromatic heterocycles. The fraction of sp³-hybridized carbons (Fsp3) is 0.292. The fourth-order valence-corrected chi connectivity index (χ4v) is 3.31. The summed E-state index contributed by atoms with van der Waals surface area (Å²) in [5, 5.41) is 10.8. The third-order valence-electron chi connectivity index (χ3n) is 4.91. The molecule has 0 aliphatic rings. The predicted molar refractivity (Wildman–Crippen MR) is 116 cm³/mol. The van der Waals surface area contributed by atoms with Crippen LogP contribution in [-0.4, -0.2) is 34.4 Å². The Morgan fingerprint density at radius 1 is 0.931 bits per heavy atom. The van der Waals surface area contributed by atoms with Gasteiger partial charge in [0.05, 0.1) is 6.54 Å². The molecule has 0 aliphatic heterocycles. The summed E-state index contributed by atoms with van der Waals surface area (Å²) in [6, 6.07) is 14.9. The Morgan fingerprint density at radius 2 is 1.66 bits per heavy atom. The first kappa shape index (κ1) is 20.5. The lowest BCUT2D eigenvalue weighted by atomic mass is 10.0. The van der Waals surface area contributed by atoms with E-state index < -0.39 is 0 Å². The second kappa shape index (κ2) is 10.4. The molecule has 2 aromatic carbocycles. The summed E-state index contributed by atoms with van der Waals surface area (Å²) in [6.45, 7) is 0.186. The van der Waals surface area contributed by atoms with E-state index in [1.54, 1.807) is 24.4 Å². The van der Waals surface area contributed by atoms with Crippen molar-refractivity contribution in [2.45, 2.75) is 38.5 Å². The van der Waals surface area contributed by atoms with Crippen LogP contribution in [0.5, 0.6) is 5.75 Å². The van der Waals surface area contributed by atoms with Crippen LogP contribution in [0.1, 0.15) is 43.2 Å². The lowest BCUT2D eigenvalue weighted by Crippen LogP contribution is -2.04. The van der Waals surface area contributed by atoms with Gasteiger partial charge in [-0.2, -0.15) is 0 Å². The Bertz CT molecular complexity index is 1000. The number of nitrogens with one attached hydrogen (secondary N) is 1. The molecular weight excluding hydrogens is 364 g/mol. The quantitative estimate of drug-likeness (QED) is 0.370. The van der Waals surface area contributed by atoms with Gasteiger partial charge in [-0.25, -0.2) is 0 Å². The molecule has 0 atom stereocenters. The number of carbonyl (C=O) groups excluding carboxylic acids is 2. The Balaban J connectivity index is 1.31. The Hall–Kier alpha value is -3.21. The first-order valence-corrected chi connectivity index (χ1v) is 9.99. The number of aromatic amines is 1. The van der Waals surface area contributed by atoms with Gasteiger partial charge in [0.2, 0.25) is 0 Å². The molecular formula is C24H26N2O3. The third-order valence-corrected chi connectivity index (χ3v) is 4.91. The van der Waals surface area contributed by atoms with Crippen molar-refractivity contribution in [1.82, 2.24) is 4.98 Å². The number of carbonyl (C=O) groups is 2. The number of nitrogens with zero attached hydrogens (tertiary/aromatic N) is 1. The van der Waals surface area contributed by atoms with Crippen LogP contribution in [0.25, 0.3) is 10.9 Å². The van der Waals surface area contributed by atoms with Crippen molar-refractivity contribution >= 4 is 28.7 Å². The topological polar surface area (TPSA) is 82.5 Å². The predicted octanol–water partition coefficient (Wildman–Crippen LogP) is 4.62. The van der Waals surface area contributed by atoms with E-state index in [2.05, 4.69) is 9.98 Å². The highest BCUT2D eigenvalue weighted by Gasteiger charge is 2.07. The highest BCUT2D eigenvalue weighted by atomic mass is 16.3. The maximum atomic E-state index is 12.0. The van der Waals surface area contributed by atoms with Crippen molar-refractivity contribution in [2.24, 2.45) is 4.99 Å². The first-order chi connectivity index (χ1) is 14.1. The van der Waals surface area contributed by atoms with Crippen LogP contribution < -0.4 is 0 Å². The number of aromatic nitrogens is 1. The van der Waals surface area contributed by atoms with Gasteiger partial charge in [0.25, 0.3) is 0 Å². The number of unbranched alkanes of at least 4 members (excludes halogenated alkanes) is 2. The van der Waals surface area contributed by atoms with Crippen molar-refractivity contribution in [3.8, 4) is 5.75 Å². The second-order valence-electron chi connectivity index (χ2n) is 7.20. The van der Waals surface area contributed by atoms with Gasteiger partial charge in [-0.1, -0.05) is 42.8 Å². The van der Waals surface area contributed by atoms with E-state index in [1.807, 2.05) is 36.5 Å².